The second kappa shape index (κ2) is 3.16. The Labute approximate surface area is 72.4 Å². The number of rotatable bonds is 1. The Kier molecular flexibility index (Phi) is 3.16. The molecular weight excluding hydrogens is 132 g/mol. The van der Waals surface area contributed by atoms with Crippen molar-refractivity contribution in [2.24, 2.45) is 10.8 Å². The van der Waals surface area contributed by atoms with E-state index in [9.17, 15) is 0 Å². The van der Waals surface area contributed by atoms with E-state index in [4.69, 9.17) is 0 Å². The SMILES string of the molecule is CC[C](C(C)(C)C)C(C)(C)C. The minimum absolute atomic E-state index is 0.368. The molecular formula is C11H23. The first-order chi connectivity index (χ1) is 4.69. The minimum atomic E-state index is 0.368. The molecule has 0 amide bonds. The molecule has 1 radical (unpaired) electrons. The molecule has 0 heteroatoms. The first-order valence-electron chi connectivity index (χ1n) is 4.56. The number of hydrogen-bond acceptors (Lipinski definition) is 0. The van der Waals surface area contributed by atoms with Crippen molar-refractivity contribution in [1.82, 2.24) is 0 Å². The van der Waals surface area contributed by atoms with Gasteiger partial charge in [0.2, 0.25) is 0 Å². The highest BCUT2D eigenvalue weighted by molar-refractivity contribution is 5.07. The van der Waals surface area contributed by atoms with Gasteiger partial charge in [0.25, 0.3) is 0 Å². The van der Waals surface area contributed by atoms with E-state index in [-0.39, 0.29) is 0 Å². The van der Waals surface area contributed by atoms with Crippen LogP contribution in [0.25, 0.3) is 0 Å². The van der Waals surface area contributed by atoms with Crippen LogP contribution in [0.3, 0.4) is 0 Å². The molecule has 0 fully saturated rings. The van der Waals surface area contributed by atoms with Crippen LogP contribution >= 0.6 is 0 Å². The molecule has 0 heterocycles. The van der Waals surface area contributed by atoms with Gasteiger partial charge in [-0.3, -0.25) is 0 Å². The number of hydrogen-bond donors (Lipinski definition) is 0. The molecule has 0 rings (SSSR count). The molecule has 11 heavy (non-hydrogen) atoms. The zero-order chi connectivity index (χ0) is 9.28. The molecule has 0 aromatic rings. The molecule has 0 nitrogen and oxygen atoms in total. The Bertz CT molecular complexity index is 95.0. The predicted molar refractivity (Wildman–Crippen MR) is 52.4 cm³/mol. The second-order valence-corrected chi connectivity index (χ2v) is 5.33. The first-order valence-corrected chi connectivity index (χ1v) is 4.56. The van der Waals surface area contributed by atoms with E-state index in [2.05, 4.69) is 48.5 Å². The van der Waals surface area contributed by atoms with Gasteiger partial charge in [-0.05, 0) is 23.2 Å². The van der Waals surface area contributed by atoms with Crippen molar-refractivity contribution in [2.75, 3.05) is 0 Å². The van der Waals surface area contributed by atoms with Gasteiger partial charge in [0.15, 0.2) is 0 Å². The van der Waals surface area contributed by atoms with E-state index in [1.807, 2.05) is 0 Å². The molecule has 0 aromatic carbocycles. The van der Waals surface area contributed by atoms with Crippen LogP contribution in [0.1, 0.15) is 54.9 Å². The summed E-state index contributed by atoms with van der Waals surface area (Å²) in [5, 5.41) is 0. The van der Waals surface area contributed by atoms with Gasteiger partial charge in [0.05, 0.1) is 0 Å². The zero-order valence-electron chi connectivity index (χ0n) is 9.21. The highest BCUT2D eigenvalue weighted by Gasteiger charge is 2.33. The fourth-order valence-electron chi connectivity index (χ4n) is 2.19. The van der Waals surface area contributed by atoms with Crippen molar-refractivity contribution in [3.8, 4) is 0 Å². The van der Waals surface area contributed by atoms with Crippen molar-refractivity contribution in [3.05, 3.63) is 5.92 Å². The van der Waals surface area contributed by atoms with Crippen LogP contribution in [0.15, 0.2) is 0 Å². The van der Waals surface area contributed by atoms with Crippen LogP contribution in [0.4, 0.5) is 0 Å². The summed E-state index contributed by atoms with van der Waals surface area (Å²) < 4.78 is 0. The summed E-state index contributed by atoms with van der Waals surface area (Å²) in [7, 11) is 0. The van der Waals surface area contributed by atoms with E-state index in [0.29, 0.717) is 10.8 Å². The summed E-state index contributed by atoms with van der Waals surface area (Å²) in [6, 6.07) is 0. The standard InChI is InChI=1S/C11H23/c1-8-9(10(2,3)4)11(5,6)7/h8H2,1-7H3. The van der Waals surface area contributed by atoms with Gasteiger partial charge < -0.3 is 0 Å². The molecule has 0 aliphatic rings. The fourth-order valence-corrected chi connectivity index (χ4v) is 2.19. The van der Waals surface area contributed by atoms with Gasteiger partial charge >= 0.3 is 0 Å². The third-order valence-corrected chi connectivity index (χ3v) is 2.16. The Morgan fingerprint density at radius 2 is 1.09 bits per heavy atom. The maximum atomic E-state index is 2.30. The molecule has 0 saturated carbocycles. The van der Waals surface area contributed by atoms with Crippen molar-refractivity contribution in [2.45, 2.75) is 54.9 Å². The summed E-state index contributed by atoms with van der Waals surface area (Å²) >= 11 is 0. The zero-order valence-corrected chi connectivity index (χ0v) is 9.21. The summed E-state index contributed by atoms with van der Waals surface area (Å²) in [6.07, 6.45) is 1.20. The molecule has 0 bridgehead atoms. The molecule has 0 saturated heterocycles. The summed E-state index contributed by atoms with van der Waals surface area (Å²) in [5.41, 5.74) is 0.736. The summed E-state index contributed by atoms with van der Waals surface area (Å²) in [5.74, 6) is 1.66. The second-order valence-electron chi connectivity index (χ2n) is 5.33. The summed E-state index contributed by atoms with van der Waals surface area (Å²) in [4.78, 5) is 0. The van der Waals surface area contributed by atoms with Crippen molar-refractivity contribution < 1.29 is 0 Å². The molecule has 67 valence electrons. The maximum absolute atomic E-state index is 2.30. The van der Waals surface area contributed by atoms with Gasteiger partial charge in [-0.25, -0.2) is 0 Å². The quantitative estimate of drug-likeness (QED) is 0.535. The molecule has 0 aliphatic carbocycles. The lowest BCUT2D eigenvalue weighted by Crippen LogP contribution is -2.29. The topological polar surface area (TPSA) is 0 Å². The van der Waals surface area contributed by atoms with Gasteiger partial charge in [0.1, 0.15) is 0 Å². The van der Waals surface area contributed by atoms with Gasteiger partial charge in [0, 0.05) is 0 Å². The highest BCUT2D eigenvalue weighted by atomic mass is 14.4. The molecule has 0 aliphatic heterocycles. The largest absolute Gasteiger partial charge is 0.0648 e. The van der Waals surface area contributed by atoms with E-state index in [1.54, 1.807) is 5.92 Å². The lowest BCUT2D eigenvalue weighted by atomic mass is 9.65. The Morgan fingerprint density at radius 1 is 0.818 bits per heavy atom. The molecule has 0 aromatic heterocycles. The van der Waals surface area contributed by atoms with Crippen molar-refractivity contribution in [1.29, 1.82) is 0 Å². The monoisotopic (exact) mass is 155 g/mol. The molecule has 0 N–H and O–H groups in total. The average molecular weight is 155 g/mol. The van der Waals surface area contributed by atoms with E-state index in [0.717, 1.165) is 0 Å². The van der Waals surface area contributed by atoms with Crippen LogP contribution < -0.4 is 0 Å². The first kappa shape index (κ1) is 11.0. The average Bonchev–Trinajstić information content (AvgIpc) is 1.56. The van der Waals surface area contributed by atoms with Crippen LogP contribution in [0, 0.1) is 16.7 Å². The van der Waals surface area contributed by atoms with Gasteiger partial charge in [-0.1, -0.05) is 48.5 Å². The van der Waals surface area contributed by atoms with Crippen LogP contribution in [0.2, 0.25) is 0 Å². The normalized spacial score (nSPS) is 14.2. The Morgan fingerprint density at radius 3 is 1.09 bits per heavy atom. The molecule has 0 atom stereocenters. The maximum Gasteiger partial charge on any atom is -0.0137 e. The minimum Gasteiger partial charge on any atom is -0.0648 e. The van der Waals surface area contributed by atoms with Crippen molar-refractivity contribution >= 4 is 0 Å². The van der Waals surface area contributed by atoms with Gasteiger partial charge in [-0.15, -0.1) is 0 Å². The van der Waals surface area contributed by atoms with Gasteiger partial charge in [-0.2, -0.15) is 0 Å². The Hall–Kier alpha value is 0. The van der Waals surface area contributed by atoms with Crippen LogP contribution in [0.5, 0.6) is 0 Å². The van der Waals surface area contributed by atoms with E-state index < -0.39 is 0 Å². The lowest BCUT2D eigenvalue weighted by Gasteiger charge is -2.39. The third-order valence-electron chi connectivity index (χ3n) is 2.16. The van der Waals surface area contributed by atoms with Crippen LogP contribution in [-0.2, 0) is 0 Å². The lowest BCUT2D eigenvalue weighted by molar-refractivity contribution is 0.267. The fraction of sp³-hybridized carbons (Fsp3) is 0.909. The van der Waals surface area contributed by atoms with Crippen molar-refractivity contribution in [3.63, 3.8) is 0 Å². The predicted octanol–water partition coefficient (Wildman–Crippen LogP) is 4.06. The Balaban J connectivity index is 4.43. The molecule has 0 spiro atoms. The van der Waals surface area contributed by atoms with E-state index in [1.165, 1.54) is 6.42 Å². The third kappa shape index (κ3) is 3.27. The smallest absolute Gasteiger partial charge is 0.0137 e. The summed E-state index contributed by atoms with van der Waals surface area (Å²) in [6.45, 7) is 16.1. The highest BCUT2D eigenvalue weighted by Crippen LogP contribution is 2.43. The molecule has 0 unspecified atom stereocenters. The van der Waals surface area contributed by atoms with Crippen LogP contribution in [-0.4, -0.2) is 0 Å². The van der Waals surface area contributed by atoms with E-state index >= 15 is 0 Å².